The minimum absolute atomic E-state index is 0.117. The third kappa shape index (κ3) is 6.33. The lowest BCUT2D eigenvalue weighted by atomic mass is 10.1. The number of hydrogen-bond donors (Lipinski definition) is 2. The monoisotopic (exact) mass is 434 g/mol. The van der Waals surface area contributed by atoms with Gasteiger partial charge in [0.1, 0.15) is 11.5 Å². The van der Waals surface area contributed by atoms with Gasteiger partial charge in [0.15, 0.2) is 0 Å². The maximum Gasteiger partial charge on any atom is 0.417 e. The highest BCUT2D eigenvalue weighted by molar-refractivity contribution is 5.96. The Labute approximate surface area is 185 Å². The molecule has 0 fully saturated rings. The first-order chi connectivity index (χ1) is 15.3. The van der Waals surface area contributed by atoms with E-state index in [0.29, 0.717) is 11.5 Å². The molecule has 3 aromatic carbocycles. The van der Waals surface area contributed by atoms with Crippen molar-refractivity contribution >= 4 is 29.5 Å². The fourth-order valence-electron chi connectivity index (χ4n) is 2.72. The maximum absolute atomic E-state index is 12.3. The van der Waals surface area contributed by atoms with Crippen molar-refractivity contribution in [1.29, 1.82) is 0 Å². The molecule has 0 saturated heterocycles. The minimum atomic E-state index is -0.760. The fourth-order valence-corrected chi connectivity index (χ4v) is 2.72. The second-order valence-electron chi connectivity index (χ2n) is 6.95. The largest absolute Gasteiger partial charge is 0.465 e. The van der Waals surface area contributed by atoms with Crippen molar-refractivity contribution in [1.82, 2.24) is 0 Å². The number of nitrogens with one attached hydrogen (secondary N) is 2. The summed E-state index contributed by atoms with van der Waals surface area (Å²) < 4.78 is 15.2. The molecule has 0 radical (unpaired) electrons. The molecule has 3 aromatic rings. The van der Waals surface area contributed by atoms with Gasteiger partial charge in [0, 0.05) is 11.4 Å². The van der Waals surface area contributed by atoms with Crippen LogP contribution in [0, 0.1) is 13.8 Å². The Bertz CT molecular complexity index is 1040. The van der Waals surface area contributed by atoms with Crippen LogP contribution in [0.1, 0.15) is 21.5 Å². The summed E-state index contributed by atoms with van der Waals surface area (Å²) in [7, 11) is 1.23. The minimum Gasteiger partial charge on any atom is -0.465 e. The highest BCUT2D eigenvalue weighted by atomic mass is 16.6. The zero-order chi connectivity index (χ0) is 23.1. The molecule has 0 bridgehead atoms. The van der Waals surface area contributed by atoms with Gasteiger partial charge in [-0.1, -0.05) is 35.4 Å². The van der Waals surface area contributed by atoms with Gasteiger partial charge in [-0.05, 0) is 56.3 Å². The van der Waals surface area contributed by atoms with Crippen LogP contribution in [0.4, 0.5) is 21.0 Å². The topological polar surface area (TPSA) is 103 Å². The van der Waals surface area contributed by atoms with Gasteiger partial charge >= 0.3 is 18.2 Å². The van der Waals surface area contributed by atoms with Crippen LogP contribution in [0.2, 0.25) is 0 Å². The Kier molecular flexibility index (Phi) is 7.07. The molecule has 0 spiro atoms. The lowest BCUT2D eigenvalue weighted by molar-refractivity contribution is 0.0600. The van der Waals surface area contributed by atoms with Gasteiger partial charge in [-0.2, -0.15) is 0 Å². The second kappa shape index (κ2) is 10.1. The SMILES string of the molecule is COC(=O)c1cc(NC(=O)Oc2ccc(C)cc2)cc(NC(=O)Oc2ccc(C)cc2)c1. The Balaban J connectivity index is 1.74. The highest BCUT2D eigenvalue weighted by Gasteiger charge is 2.14. The molecule has 164 valence electrons. The van der Waals surface area contributed by atoms with E-state index in [-0.39, 0.29) is 16.9 Å². The number of methoxy groups -OCH3 is 1. The molecule has 0 atom stereocenters. The normalized spacial score (nSPS) is 10.1. The number of hydrogen-bond acceptors (Lipinski definition) is 6. The van der Waals surface area contributed by atoms with E-state index >= 15 is 0 Å². The zero-order valence-electron chi connectivity index (χ0n) is 17.8. The molecule has 0 aliphatic heterocycles. The van der Waals surface area contributed by atoms with Gasteiger partial charge in [0.2, 0.25) is 0 Å². The van der Waals surface area contributed by atoms with E-state index in [1.165, 1.54) is 25.3 Å². The molecule has 0 heterocycles. The van der Waals surface area contributed by atoms with Crippen molar-refractivity contribution < 1.29 is 28.6 Å². The second-order valence-corrected chi connectivity index (χ2v) is 6.95. The van der Waals surface area contributed by atoms with Crippen molar-refractivity contribution in [3.63, 3.8) is 0 Å². The Morgan fingerprint density at radius 3 is 1.44 bits per heavy atom. The highest BCUT2D eigenvalue weighted by Crippen LogP contribution is 2.22. The molecule has 0 saturated carbocycles. The summed E-state index contributed by atoms with van der Waals surface area (Å²) in [5.41, 5.74) is 2.60. The van der Waals surface area contributed by atoms with Crippen molar-refractivity contribution in [2.75, 3.05) is 17.7 Å². The number of amides is 2. The maximum atomic E-state index is 12.3. The van der Waals surface area contributed by atoms with E-state index < -0.39 is 18.2 Å². The average Bonchev–Trinajstić information content (AvgIpc) is 2.76. The lowest BCUT2D eigenvalue weighted by Gasteiger charge is -2.12. The smallest absolute Gasteiger partial charge is 0.417 e. The van der Waals surface area contributed by atoms with E-state index in [2.05, 4.69) is 10.6 Å². The fraction of sp³-hybridized carbons (Fsp3) is 0.125. The Morgan fingerprint density at radius 1 is 0.656 bits per heavy atom. The number of ether oxygens (including phenoxy) is 3. The van der Waals surface area contributed by atoms with E-state index in [9.17, 15) is 14.4 Å². The predicted octanol–water partition coefficient (Wildman–Crippen LogP) is 5.31. The number of anilines is 2. The first kappa shape index (κ1) is 22.4. The number of rotatable bonds is 5. The first-order valence-corrected chi connectivity index (χ1v) is 9.67. The summed E-state index contributed by atoms with van der Waals surface area (Å²) in [6, 6.07) is 18.1. The van der Waals surface area contributed by atoms with Crippen molar-refractivity contribution in [3.8, 4) is 11.5 Å². The van der Waals surface area contributed by atoms with Crippen LogP contribution < -0.4 is 20.1 Å². The number of benzene rings is 3. The van der Waals surface area contributed by atoms with E-state index in [1.807, 2.05) is 38.1 Å². The molecule has 32 heavy (non-hydrogen) atoms. The van der Waals surface area contributed by atoms with E-state index in [0.717, 1.165) is 11.1 Å². The van der Waals surface area contributed by atoms with Crippen LogP contribution in [0.5, 0.6) is 11.5 Å². The molecule has 0 aromatic heterocycles. The Morgan fingerprint density at radius 2 is 1.06 bits per heavy atom. The summed E-state index contributed by atoms with van der Waals surface area (Å²) in [5.74, 6) is 0.0741. The van der Waals surface area contributed by atoms with Crippen molar-refractivity contribution in [2.24, 2.45) is 0 Å². The molecule has 2 N–H and O–H groups in total. The van der Waals surface area contributed by atoms with Crippen molar-refractivity contribution in [2.45, 2.75) is 13.8 Å². The van der Waals surface area contributed by atoms with Gasteiger partial charge in [-0.15, -0.1) is 0 Å². The Hall–Kier alpha value is -4.33. The summed E-state index contributed by atoms with van der Waals surface area (Å²) in [5, 5.41) is 5.07. The van der Waals surface area contributed by atoms with Gasteiger partial charge in [0.05, 0.1) is 12.7 Å². The van der Waals surface area contributed by atoms with E-state index in [4.69, 9.17) is 14.2 Å². The molecule has 3 rings (SSSR count). The summed E-state index contributed by atoms with van der Waals surface area (Å²) in [6.07, 6.45) is -1.52. The molecular formula is C24H22N2O6. The summed E-state index contributed by atoms with van der Waals surface area (Å²) in [6.45, 7) is 3.83. The number of carbonyl (C=O) groups excluding carboxylic acids is 3. The molecule has 0 unspecified atom stereocenters. The van der Waals surface area contributed by atoms with Crippen LogP contribution in [0.25, 0.3) is 0 Å². The van der Waals surface area contributed by atoms with Gasteiger partial charge < -0.3 is 14.2 Å². The van der Waals surface area contributed by atoms with Crippen molar-refractivity contribution in [3.05, 3.63) is 83.4 Å². The summed E-state index contributed by atoms with van der Waals surface area (Å²) >= 11 is 0. The van der Waals surface area contributed by atoms with Gasteiger partial charge in [-0.3, -0.25) is 10.6 Å². The number of carbonyl (C=O) groups is 3. The standard InChI is InChI=1S/C24H22N2O6/c1-15-4-8-20(9-5-15)31-23(28)25-18-12-17(22(27)30-3)13-19(14-18)26-24(29)32-21-10-6-16(2)7-11-21/h4-14H,1-3H3,(H,25,28)(H,26,29). The van der Waals surface area contributed by atoms with Crippen LogP contribution in [0.15, 0.2) is 66.7 Å². The zero-order valence-corrected chi connectivity index (χ0v) is 17.8. The summed E-state index contributed by atoms with van der Waals surface area (Å²) in [4.78, 5) is 36.5. The molecule has 0 aliphatic carbocycles. The van der Waals surface area contributed by atoms with Crippen LogP contribution in [0.3, 0.4) is 0 Å². The predicted molar refractivity (Wildman–Crippen MR) is 119 cm³/mol. The molecule has 8 heteroatoms. The van der Waals surface area contributed by atoms with E-state index in [1.54, 1.807) is 24.3 Å². The number of aryl methyl sites for hydroxylation is 2. The third-order valence-corrected chi connectivity index (χ3v) is 4.31. The molecular weight excluding hydrogens is 412 g/mol. The quantitative estimate of drug-likeness (QED) is 0.528. The van der Waals surface area contributed by atoms with Crippen LogP contribution in [-0.2, 0) is 4.74 Å². The first-order valence-electron chi connectivity index (χ1n) is 9.67. The third-order valence-electron chi connectivity index (χ3n) is 4.31. The molecule has 8 nitrogen and oxygen atoms in total. The molecule has 2 amide bonds. The van der Waals surface area contributed by atoms with Gasteiger partial charge in [-0.25, -0.2) is 14.4 Å². The molecule has 0 aliphatic rings. The number of esters is 1. The lowest BCUT2D eigenvalue weighted by Crippen LogP contribution is -2.19. The average molecular weight is 434 g/mol. The van der Waals surface area contributed by atoms with Crippen LogP contribution in [-0.4, -0.2) is 25.3 Å². The van der Waals surface area contributed by atoms with Gasteiger partial charge in [0.25, 0.3) is 0 Å². The van der Waals surface area contributed by atoms with Crippen LogP contribution >= 0.6 is 0 Å².